The van der Waals surface area contributed by atoms with Crippen molar-refractivity contribution in [2.75, 3.05) is 12.4 Å². The summed E-state index contributed by atoms with van der Waals surface area (Å²) in [6.07, 6.45) is 0. The van der Waals surface area contributed by atoms with Crippen LogP contribution in [-0.2, 0) is 0 Å². The monoisotopic (exact) mass is 360 g/mol. The molecule has 2 aromatic carbocycles. The highest BCUT2D eigenvalue weighted by Crippen LogP contribution is 2.33. The van der Waals surface area contributed by atoms with Gasteiger partial charge in [-0.3, -0.25) is 5.10 Å². The van der Waals surface area contributed by atoms with E-state index in [1.54, 1.807) is 7.11 Å². The van der Waals surface area contributed by atoms with Crippen molar-refractivity contribution in [3.05, 3.63) is 65.9 Å². The summed E-state index contributed by atoms with van der Waals surface area (Å²) < 4.78 is 11.3. The van der Waals surface area contributed by atoms with Crippen LogP contribution < -0.4 is 14.8 Å². The lowest BCUT2D eigenvalue weighted by Gasteiger charge is -2.12. The molecule has 2 aromatic heterocycles. The summed E-state index contributed by atoms with van der Waals surface area (Å²) in [6, 6.07) is 17.5. The number of hydrogen-bond acceptors (Lipinski definition) is 5. The van der Waals surface area contributed by atoms with Gasteiger partial charge in [0.15, 0.2) is 5.82 Å². The summed E-state index contributed by atoms with van der Waals surface area (Å²) in [6.45, 7) is 4.02. The van der Waals surface area contributed by atoms with Crippen LogP contribution in [0.15, 0.2) is 54.6 Å². The number of rotatable bonds is 5. The first kappa shape index (κ1) is 16.9. The molecule has 2 heterocycles. The standard InChI is InChI=1S/C21H20N4O2/c1-13-5-4-6-17-18(13)12-19(22-20-11-14(2)24-25-20)23-21(17)27-16-9-7-15(26-3)8-10-16/h4-12H,1-3H3,(H2,22,23,24,25). The Bertz CT molecular complexity index is 1090. The number of anilines is 2. The topological polar surface area (TPSA) is 72.1 Å². The Labute approximate surface area is 157 Å². The number of methoxy groups -OCH3 is 1. The van der Waals surface area contributed by atoms with E-state index in [9.17, 15) is 0 Å². The Kier molecular flexibility index (Phi) is 4.38. The second-order valence-corrected chi connectivity index (χ2v) is 6.32. The zero-order valence-electron chi connectivity index (χ0n) is 15.4. The number of pyridine rings is 1. The van der Waals surface area contributed by atoms with Gasteiger partial charge in [0.25, 0.3) is 0 Å². The molecule has 0 atom stereocenters. The van der Waals surface area contributed by atoms with Crippen LogP contribution in [-0.4, -0.2) is 22.3 Å². The van der Waals surface area contributed by atoms with Crippen LogP contribution in [0.25, 0.3) is 10.8 Å². The molecule has 0 bridgehead atoms. The Balaban J connectivity index is 1.75. The molecule has 4 aromatic rings. The number of hydrogen-bond donors (Lipinski definition) is 2. The lowest BCUT2D eigenvalue weighted by atomic mass is 10.1. The van der Waals surface area contributed by atoms with E-state index in [1.807, 2.05) is 55.5 Å². The molecule has 136 valence electrons. The molecule has 4 rings (SSSR count). The number of fused-ring (bicyclic) bond motifs is 1. The average molecular weight is 360 g/mol. The largest absolute Gasteiger partial charge is 0.497 e. The highest BCUT2D eigenvalue weighted by atomic mass is 16.5. The van der Waals surface area contributed by atoms with E-state index in [0.29, 0.717) is 23.3 Å². The van der Waals surface area contributed by atoms with E-state index in [1.165, 1.54) is 0 Å². The van der Waals surface area contributed by atoms with Crippen LogP contribution in [0.1, 0.15) is 11.3 Å². The highest BCUT2D eigenvalue weighted by Gasteiger charge is 2.11. The summed E-state index contributed by atoms with van der Waals surface area (Å²) in [4.78, 5) is 4.67. The zero-order valence-corrected chi connectivity index (χ0v) is 15.4. The van der Waals surface area contributed by atoms with Gasteiger partial charge in [-0.2, -0.15) is 10.1 Å². The first-order valence-electron chi connectivity index (χ1n) is 8.64. The summed E-state index contributed by atoms with van der Waals surface area (Å²) >= 11 is 0. The van der Waals surface area contributed by atoms with Gasteiger partial charge < -0.3 is 14.8 Å². The molecule has 0 spiro atoms. The number of H-pyrrole nitrogens is 1. The molecule has 0 aliphatic carbocycles. The van der Waals surface area contributed by atoms with Crippen LogP contribution in [0.3, 0.4) is 0 Å². The van der Waals surface area contributed by atoms with Crippen LogP contribution in [0.5, 0.6) is 17.4 Å². The molecule has 27 heavy (non-hydrogen) atoms. The number of nitrogens with one attached hydrogen (secondary N) is 2. The molecular weight excluding hydrogens is 340 g/mol. The number of aromatic amines is 1. The molecular formula is C21H20N4O2. The SMILES string of the molecule is COc1ccc(Oc2nc(Nc3cc(C)[nH]n3)cc3c(C)cccc23)cc1. The zero-order chi connectivity index (χ0) is 18.8. The van der Waals surface area contributed by atoms with E-state index in [4.69, 9.17) is 9.47 Å². The number of ether oxygens (including phenoxy) is 2. The van der Waals surface area contributed by atoms with Crippen molar-refractivity contribution in [2.24, 2.45) is 0 Å². The molecule has 0 unspecified atom stereocenters. The minimum absolute atomic E-state index is 0.538. The van der Waals surface area contributed by atoms with E-state index >= 15 is 0 Å². The molecule has 0 aliphatic heterocycles. The van der Waals surface area contributed by atoms with Gasteiger partial charge in [-0.25, -0.2) is 0 Å². The third kappa shape index (κ3) is 3.55. The van der Waals surface area contributed by atoms with Gasteiger partial charge in [-0.15, -0.1) is 0 Å². The summed E-state index contributed by atoms with van der Waals surface area (Å²) in [5.74, 6) is 3.39. The quantitative estimate of drug-likeness (QED) is 0.517. The maximum absolute atomic E-state index is 6.09. The summed E-state index contributed by atoms with van der Waals surface area (Å²) in [7, 11) is 1.64. The van der Waals surface area contributed by atoms with Gasteiger partial charge >= 0.3 is 0 Å². The molecule has 2 N–H and O–H groups in total. The van der Waals surface area contributed by atoms with Crippen molar-refractivity contribution in [2.45, 2.75) is 13.8 Å². The van der Waals surface area contributed by atoms with Crippen molar-refractivity contribution >= 4 is 22.4 Å². The number of aryl methyl sites for hydroxylation is 2. The molecule has 0 fully saturated rings. The smallest absolute Gasteiger partial charge is 0.229 e. The van der Waals surface area contributed by atoms with E-state index in [-0.39, 0.29) is 0 Å². The van der Waals surface area contributed by atoms with Crippen LogP contribution >= 0.6 is 0 Å². The van der Waals surface area contributed by atoms with E-state index in [0.717, 1.165) is 27.8 Å². The third-order valence-electron chi connectivity index (χ3n) is 4.29. The molecule has 0 saturated heterocycles. The van der Waals surface area contributed by atoms with Gasteiger partial charge in [-0.05, 0) is 61.2 Å². The fraction of sp³-hybridized carbons (Fsp3) is 0.143. The van der Waals surface area contributed by atoms with Gasteiger partial charge in [0.2, 0.25) is 5.88 Å². The van der Waals surface area contributed by atoms with Gasteiger partial charge in [0, 0.05) is 17.1 Å². The Hall–Kier alpha value is -3.54. The molecule has 0 aliphatic rings. The lowest BCUT2D eigenvalue weighted by molar-refractivity contribution is 0.412. The predicted octanol–water partition coefficient (Wildman–Crippen LogP) is 5.12. The minimum Gasteiger partial charge on any atom is -0.497 e. The van der Waals surface area contributed by atoms with Crippen LogP contribution in [0, 0.1) is 13.8 Å². The summed E-state index contributed by atoms with van der Waals surface area (Å²) in [5, 5.41) is 12.4. The Morgan fingerprint density at radius 3 is 2.37 bits per heavy atom. The van der Waals surface area contributed by atoms with Crippen molar-refractivity contribution in [3.8, 4) is 17.4 Å². The normalized spacial score (nSPS) is 10.8. The van der Waals surface area contributed by atoms with Crippen LogP contribution in [0.4, 0.5) is 11.6 Å². The molecule has 0 amide bonds. The highest BCUT2D eigenvalue weighted by molar-refractivity contribution is 5.92. The maximum Gasteiger partial charge on any atom is 0.229 e. The number of aromatic nitrogens is 3. The number of benzene rings is 2. The van der Waals surface area contributed by atoms with Crippen molar-refractivity contribution in [1.82, 2.24) is 15.2 Å². The van der Waals surface area contributed by atoms with Crippen LogP contribution in [0.2, 0.25) is 0 Å². The van der Waals surface area contributed by atoms with Gasteiger partial charge in [0.1, 0.15) is 17.3 Å². The maximum atomic E-state index is 6.09. The van der Waals surface area contributed by atoms with Crippen molar-refractivity contribution in [1.29, 1.82) is 0 Å². The fourth-order valence-electron chi connectivity index (χ4n) is 2.91. The van der Waals surface area contributed by atoms with Crippen molar-refractivity contribution in [3.63, 3.8) is 0 Å². The van der Waals surface area contributed by atoms with Gasteiger partial charge in [0.05, 0.1) is 7.11 Å². The second kappa shape index (κ2) is 6.99. The summed E-state index contributed by atoms with van der Waals surface area (Å²) in [5.41, 5.74) is 2.12. The van der Waals surface area contributed by atoms with E-state index in [2.05, 4.69) is 33.5 Å². The molecule has 0 saturated carbocycles. The molecule has 6 nitrogen and oxygen atoms in total. The van der Waals surface area contributed by atoms with Gasteiger partial charge in [-0.1, -0.05) is 12.1 Å². The second-order valence-electron chi connectivity index (χ2n) is 6.32. The van der Waals surface area contributed by atoms with Crippen molar-refractivity contribution < 1.29 is 9.47 Å². The Morgan fingerprint density at radius 2 is 1.67 bits per heavy atom. The molecule has 6 heteroatoms. The predicted molar refractivity (Wildman–Crippen MR) is 106 cm³/mol. The number of nitrogens with zero attached hydrogens (tertiary/aromatic N) is 2. The lowest BCUT2D eigenvalue weighted by Crippen LogP contribution is -1.98. The Morgan fingerprint density at radius 1 is 0.889 bits per heavy atom. The first-order valence-corrected chi connectivity index (χ1v) is 8.64. The first-order chi connectivity index (χ1) is 13.1. The molecule has 0 radical (unpaired) electrons. The minimum atomic E-state index is 0.538. The average Bonchev–Trinajstić information content (AvgIpc) is 3.08. The fourth-order valence-corrected chi connectivity index (χ4v) is 2.91. The third-order valence-corrected chi connectivity index (χ3v) is 4.29. The van der Waals surface area contributed by atoms with E-state index < -0.39 is 0 Å².